The van der Waals surface area contributed by atoms with Crippen LogP contribution in [-0.4, -0.2) is 39.7 Å². The van der Waals surface area contributed by atoms with Gasteiger partial charge in [0.25, 0.3) is 0 Å². The van der Waals surface area contributed by atoms with Crippen LogP contribution >= 0.6 is 23.2 Å². The molecule has 0 saturated heterocycles. The largest absolute Gasteiger partial charge is 0.462 e. The Morgan fingerprint density at radius 3 is 2.20 bits per heavy atom. The SMILES string of the molecule is CCCCOC(=O)c1ccc(NC(=O)CN(c2cc(Cl)cc(Cl)c2)S(C)(=O)=O)cc1. The van der Waals surface area contributed by atoms with Gasteiger partial charge in [-0.1, -0.05) is 36.5 Å². The summed E-state index contributed by atoms with van der Waals surface area (Å²) in [6, 6.07) is 10.4. The first kappa shape index (κ1) is 24.0. The summed E-state index contributed by atoms with van der Waals surface area (Å²) in [5.41, 5.74) is 0.938. The lowest BCUT2D eigenvalue weighted by molar-refractivity contribution is -0.114. The van der Waals surface area contributed by atoms with Crippen LogP contribution in [0.4, 0.5) is 11.4 Å². The second kappa shape index (κ2) is 10.7. The van der Waals surface area contributed by atoms with Crippen LogP contribution in [0.15, 0.2) is 42.5 Å². The van der Waals surface area contributed by atoms with E-state index in [-0.39, 0.29) is 15.7 Å². The molecule has 0 heterocycles. The fraction of sp³-hybridized carbons (Fsp3) is 0.300. The number of amides is 1. The van der Waals surface area contributed by atoms with Gasteiger partial charge in [-0.05, 0) is 48.9 Å². The van der Waals surface area contributed by atoms with Gasteiger partial charge in [-0.25, -0.2) is 13.2 Å². The summed E-state index contributed by atoms with van der Waals surface area (Å²) in [5, 5.41) is 3.09. The second-order valence-electron chi connectivity index (χ2n) is 6.51. The second-order valence-corrected chi connectivity index (χ2v) is 9.29. The maximum Gasteiger partial charge on any atom is 0.338 e. The van der Waals surface area contributed by atoms with Crippen LogP contribution in [0.5, 0.6) is 0 Å². The van der Waals surface area contributed by atoms with Gasteiger partial charge in [0, 0.05) is 15.7 Å². The van der Waals surface area contributed by atoms with Gasteiger partial charge in [0.15, 0.2) is 0 Å². The van der Waals surface area contributed by atoms with Crippen LogP contribution in [0, 0.1) is 0 Å². The summed E-state index contributed by atoms with van der Waals surface area (Å²) in [7, 11) is -3.77. The van der Waals surface area contributed by atoms with E-state index >= 15 is 0 Å². The van der Waals surface area contributed by atoms with Crippen LogP contribution in [0.1, 0.15) is 30.1 Å². The molecule has 2 aromatic carbocycles. The highest BCUT2D eigenvalue weighted by molar-refractivity contribution is 7.92. The highest BCUT2D eigenvalue weighted by atomic mass is 35.5. The van der Waals surface area contributed by atoms with Crippen molar-refractivity contribution >= 4 is 56.5 Å². The van der Waals surface area contributed by atoms with E-state index in [1.165, 1.54) is 42.5 Å². The number of carbonyl (C=O) groups excluding carboxylic acids is 2. The molecular weight excluding hydrogens is 451 g/mol. The van der Waals surface area contributed by atoms with Gasteiger partial charge in [-0.3, -0.25) is 9.10 Å². The maximum absolute atomic E-state index is 12.4. The molecule has 0 fully saturated rings. The number of rotatable bonds is 9. The Kier molecular flexibility index (Phi) is 8.52. The predicted octanol–water partition coefficient (Wildman–Crippen LogP) is 4.36. The Morgan fingerprint density at radius 1 is 1.07 bits per heavy atom. The molecule has 0 aliphatic carbocycles. The smallest absolute Gasteiger partial charge is 0.338 e. The highest BCUT2D eigenvalue weighted by Crippen LogP contribution is 2.27. The van der Waals surface area contributed by atoms with E-state index in [1.54, 1.807) is 0 Å². The van der Waals surface area contributed by atoms with E-state index in [2.05, 4.69) is 5.32 Å². The van der Waals surface area contributed by atoms with E-state index in [0.717, 1.165) is 23.4 Å². The molecule has 2 aromatic rings. The van der Waals surface area contributed by atoms with Gasteiger partial charge < -0.3 is 10.1 Å². The van der Waals surface area contributed by atoms with Crippen LogP contribution in [-0.2, 0) is 19.6 Å². The number of benzene rings is 2. The summed E-state index contributed by atoms with van der Waals surface area (Å²) in [6.07, 6.45) is 2.69. The number of unbranched alkanes of at least 4 members (excludes halogenated alkanes) is 1. The fourth-order valence-corrected chi connectivity index (χ4v) is 3.85. The van der Waals surface area contributed by atoms with Crippen molar-refractivity contribution in [3.63, 3.8) is 0 Å². The lowest BCUT2D eigenvalue weighted by atomic mass is 10.2. The van der Waals surface area contributed by atoms with Crippen molar-refractivity contribution in [1.82, 2.24) is 0 Å². The first-order chi connectivity index (χ1) is 14.1. The highest BCUT2D eigenvalue weighted by Gasteiger charge is 2.22. The fourth-order valence-electron chi connectivity index (χ4n) is 2.50. The normalized spacial score (nSPS) is 11.1. The molecule has 0 unspecified atom stereocenters. The number of hydrogen-bond donors (Lipinski definition) is 1. The molecular formula is C20H22Cl2N2O5S. The molecule has 0 spiro atoms. The quantitative estimate of drug-likeness (QED) is 0.432. The molecule has 0 aliphatic heterocycles. The number of nitrogens with zero attached hydrogens (tertiary/aromatic N) is 1. The molecule has 0 saturated carbocycles. The minimum atomic E-state index is -3.77. The van der Waals surface area contributed by atoms with Gasteiger partial charge in [-0.15, -0.1) is 0 Å². The molecule has 7 nitrogen and oxygen atoms in total. The van der Waals surface area contributed by atoms with Gasteiger partial charge in [0.2, 0.25) is 15.9 Å². The average Bonchev–Trinajstić information content (AvgIpc) is 2.65. The van der Waals surface area contributed by atoms with Crippen LogP contribution in [0.3, 0.4) is 0 Å². The van der Waals surface area contributed by atoms with Crippen molar-refractivity contribution in [3.8, 4) is 0 Å². The monoisotopic (exact) mass is 472 g/mol. The Morgan fingerprint density at radius 2 is 1.67 bits per heavy atom. The van der Waals surface area contributed by atoms with Crippen LogP contribution < -0.4 is 9.62 Å². The zero-order valence-electron chi connectivity index (χ0n) is 16.5. The Hall–Kier alpha value is -2.29. The van der Waals surface area contributed by atoms with E-state index in [1.807, 2.05) is 6.92 Å². The Labute approximate surface area is 186 Å². The van der Waals surface area contributed by atoms with Crippen LogP contribution in [0.2, 0.25) is 10.0 Å². The van der Waals surface area contributed by atoms with Crippen molar-refractivity contribution in [2.45, 2.75) is 19.8 Å². The van der Waals surface area contributed by atoms with E-state index < -0.39 is 28.4 Å². The Bertz CT molecular complexity index is 990. The summed E-state index contributed by atoms with van der Waals surface area (Å²) in [6.45, 7) is 1.87. The number of nitrogens with one attached hydrogen (secondary N) is 1. The molecule has 0 aliphatic rings. The third kappa shape index (κ3) is 7.19. The van der Waals surface area contributed by atoms with E-state index in [0.29, 0.717) is 17.9 Å². The van der Waals surface area contributed by atoms with Gasteiger partial charge in [-0.2, -0.15) is 0 Å². The van der Waals surface area contributed by atoms with E-state index in [9.17, 15) is 18.0 Å². The summed E-state index contributed by atoms with van der Waals surface area (Å²) < 4.78 is 30.4. The lowest BCUT2D eigenvalue weighted by Crippen LogP contribution is -2.37. The number of esters is 1. The minimum Gasteiger partial charge on any atom is -0.462 e. The zero-order valence-corrected chi connectivity index (χ0v) is 18.9. The Balaban J connectivity index is 2.08. The molecule has 10 heteroatoms. The first-order valence-electron chi connectivity index (χ1n) is 9.11. The minimum absolute atomic E-state index is 0.176. The maximum atomic E-state index is 12.4. The molecule has 2 rings (SSSR count). The number of hydrogen-bond acceptors (Lipinski definition) is 5. The number of sulfonamides is 1. The molecule has 162 valence electrons. The molecule has 0 bridgehead atoms. The molecule has 30 heavy (non-hydrogen) atoms. The van der Waals surface area contributed by atoms with Gasteiger partial charge in [0.05, 0.1) is 24.1 Å². The molecule has 0 atom stereocenters. The third-order valence-electron chi connectivity index (χ3n) is 3.96. The number of ether oxygens (including phenoxy) is 1. The van der Waals surface area contributed by atoms with Crippen molar-refractivity contribution in [3.05, 3.63) is 58.1 Å². The van der Waals surface area contributed by atoms with Crippen molar-refractivity contribution in [2.75, 3.05) is 29.0 Å². The molecule has 1 amide bonds. The number of carbonyl (C=O) groups is 2. The van der Waals surface area contributed by atoms with Gasteiger partial charge in [0.1, 0.15) is 6.54 Å². The molecule has 1 N–H and O–H groups in total. The lowest BCUT2D eigenvalue weighted by Gasteiger charge is -2.22. The molecule has 0 aromatic heterocycles. The zero-order chi connectivity index (χ0) is 22.3. The summed E-state index contributed by atoms with van der Waals surface area (Å²) in [5.74, 6) is -1.02. The van der Waals surface area contributed by atoms with Crippen molar-refractivity contribution < 1.29 is 22.7 Å². The van der Waals surface area contributed by atoms with Gasteiger partial charge >= 0.3 is 5.97 Å². The summed E-state index contributed by atoms with van der Waals surface area (Å²) >= 11 is 11.9. The van der Waals surface area contributed by atoms with E-state index in [4.69, 9.17) is 27.9 Å². The van der Waals surface area contributed by atoms with Crippen molar-refractivity contribution in [2.24, 2.45) is 0 Å². The first-order valence-corrected chi connectivity index (χ1v) is 11.7. The van der Waals surface area contributed by atoms with Crippen LogP contribution in [0.25, 0.3) is 0 Å². The predicted molar refractivity (Wildman–Crippen MR) is 119 cm³/mol. The van der Waals surface area contributed by atoms with Crippen molar-refractivity contribution in [1.29, 1.82) is 0 Å². The third-order valence-corrected chi connectivity index (χ3v) is 5.54. The number of halogens is 2. The average molecular weight is 473 g/mol. The molecule has 0 radical (unpaired) electrons. The standard InChI is InChI=1S/C20H22Cl2N2O5S/c1-3-4-9-29-20(26)14-5-7-17(8-6-14)23-19(25)13-24(30(2,27)28)18-11-15(21)10-16(22)12-18/h5-8,10-12H,3-4,9,13H2,1-2H3,(H,23,25). The summed E-state index contributed by atoms with van der Waals surface area (Å²) in [4.78, 5) is 24.3. The topological polar surface area (TPSA) is 92.8 Å². The number of anilines is 2.